The van der Waals surface area contributed by atoms with E-state index in [0.717, 1.165) is 6.42 Å². The van der Waals surface area contributed by atoms with Crippen molar-refractivity contribution in [1.29, 1.82) is 0 Å². The van der Waals surface area contributed by atoms with Crippen molar-refractivity contribution in [3.8, 4) is 0 Å². The van der Waals surface area contributed by atoms with Crippen LogP contribution in [-0.4, -0.2) is 65.5 Å². The number of ether oxygens (including phenoxy) is 1. The van der Waals surface area contributed by atoms with Gasteiger partial charge in [0.1, 0.15) is 0 Å². The van der Waals surface area contributed by atoms with Gasteiger partial charge in [0.25, 0.3) is 5.91 Å². The number of piperidine rings is 1. The standard InChI is InChI=1S/C16H26N2O5/c1-11-14(23-12(2)17-11)15(21)18-7-5-13(20)16(9-18,10-19)6-4-8-22-3/h13,19-20H,4-10H2,1-3H3/t13-,16+/m1/s1. The second kappa shape index (κ2) is 7.42. The van der Waals surface area contributed by atoms with Crippen LogP contribution in [0.4, 0.5) is 0 Å². The fraction of sp³-hybridized carbons (Fsp3) is 0.750. The maximum atomic E-state index is 12.7. The molecule has 0 unspecified atom stereocenters. The van der Waals surface area contributed by atoms with Gasteiger partial charge in [-0.1, -0.05) is 0 Å². The Labute approximate surface area is 136 Å². The minimum Gasteiger partial charge on any atom is -0.436 e. The zero-order chi connectivity index (χ0) is 17.0. The van der Waals surface area contributed by atoms with Crippen LogP contribution in [0.3, 0.4) is 0 Å². The van der Waals surface area contributed by atoms with Gasteiger partial charge >= 0.3 is 0 Å². The Balaban J connectivity index is 2.15. The first-order chi connectivity index (χ1) is 10.9. The Morgan fingerprint density at radius 1 is 1.52 bits per heavy atom. The molecule has 23 heavy (non-hydrogen) atoms. The number of hydrogen-bond acceptors (Lipinski definition) is 6. The third-order valence-corrected chi connectivity index (χ3v) is 4.61. The SMILES string of the molecule is COCCC[C@@]1(CO)CN(C(=O)c2oc(C)nc2C)CC[C@H]1O. The van der Waals surface area contributed by atoms with Gasteiger partial charge in [-0.05, 0) is 26.2 Å². The Kier molecular flexibility index (Phi) is 5.78. The van der Waals surface area contributed by atoms with Crippen molar-refractivity contribution in [1.82, 2.24) is 9.88 Å². The van der Waals surface area contributed by atoms with Gasteiger partial charge in [0.05, 0.1) is 18.4 Å². The fourth-order valence-corrected chi connectivity index (χ4v) is 3.24. The average molecular weight is 326 g/mol. The van der Waals surface area contributed by atoms with Gasteiger partial charge in [0, 0.05) is 39.1 Å². The highest BCUT2D eigenvalue weighted by molar-refractivity contribution is 5.92. The molecule has 0 radical (unpaired) electrons. The normalized spacial score (nSPS) is 24.9. The van der Waals surface area contributed by atoms with Crippen LogP contribution in [0, 0.1) is 19.3 Å². The summed E-state index contributed by atoms with van der Waals surface area (Å²) in [6.07, 6.45) is 1.12. The molecule has 7 nitrogen and oxygen atoms in total. The van der Waals surface area contributed by atoms with Crippen LogP contribution >= 0.6 is 0 Å². The van der Waals surface area contributed by atoms with Gasteiger partial charge in [-0.3, -0.25) is 4.79 Å². The van der Waals surface area contributed by atoms with E-state index in [-0.39, 0.29) is 18.3 Å². The van der Waals surface area contributed by atoms with Gasteiger partial charge < -0.3 is 24.3 Å². The molecule has 0 aliphatic carbocycles. The van der Waals surface area contributed by atoms with E-state index in [1.165, 1.54) is 0 Å². The molecular formula is C16H26N2O5. The monoisotopic (exact) mass is 326 g/mol. The molecule has 1 aliphatic rings. The minimum absolute atomic E-state index is 0.171. The van der Waals surface area contributed by atoms with E-state index in [4.69, 9.17) is 9.15 Å². The van der Waals surface area contributed by atoms with Crippen molar-refractivity contribution in [3.63, 3.8) is 0 Å². The van der Waals surface area contributed by atoms with Crippen LogP contribution in [0.2, 0.25) is 0 Å². The van der Waals surface area contributed by atoms with E-state index >= 15 is 0 Å². The highest BCUT2D eigenvalue weighted by atomic mass is 16.5. The average Bonchev–Trinajstić information content (AvgIpc) is 2.87. The van der Waals surface area contributed by atoms with Crippen LogP contribution in [-0.2, 0) is 4.74 Å². The number of hydrogen-bond donors (Lipinski definition) is 2. The van der Waals surface area contributed by atoms with E-state index in [2.05, 4.69) is 4.98 Å². The number of oxazole rings is 1. The Hall–Kier alpha value is -1.44. The molecule has 1 amide bonds. The van der Waals surface area contributed by atoms with Crippen LogP contribution in [0.15, 0.2) is 4.42 Å². The highest BCUT2D eigenvalue weighted by Crippen LogP contribution is 2.35. The van der Waals surface area contributed by atoms with E-state index in [9.17, 15) is 15.0 Å². The predicted molar refractivity (Wildman–Crippen MR) is 83.1 cm³/mol. The first-order valence-electron chi connectivity index (χ1n) is 7.94. The quantitative estimate of drug-likeness (QED) is 0.754. The summed E-state index contributed by atoms with van der Waals surface area (Å²) in [4.78, 5) is 18.4. The summed E-state index contributed by atoms with van der Waals surface area (Å²) in [5.41, 5.74) is -0.150. The number of aromatic nitrogens is 1. The molecule has 7 heteroatoms. The summed E-state index contributed by atoms with van der Waals surface area (Å²) in [5.74, 6) is 0.457. The summed E-state index contributed by atoms with van der Waals surface area (Å²) in [5, 5.41) is 20.2. The predicted octanol–water partition coefficient (Wildman–Crippen LogP) is 0.904. The molecular weight excluding hydrogens is 300 g/mol. The van der Waals surface area contributed by atoms with Crippen molar-refractivity contribution in [2.75, 3.05) is 33.4 Å². The summed E-state index contributed by atoms with van der Waals surface area (Å²) in [6.45, 7) is 4.56. The number of likely N-dealkylation sites (tertiary alicyclic amines) is 1. The maximum absolute atomic E-state index is 12.7. The molecule has 2 rings (SSSR count). The molecule has 0 aromatic carbocycles. The summed E-state index contributed by atoms with van der Waals surface area (Å²) in [6, 6.07) is 0. The first-order valence-corrected chi connectivity index (χ1v) is 7.94. The Morgan fingerprint density at radius 3 is 2.83 bits per heavy atom. The van der Waals surface area contributed by atoms with Gasteiger partial charge in [-0.15, -0.1) is 0 Å². The maximum Gasteiger partial charge on any atom is 0.291 e. The van der Waals surface area contributed by atoms with E-state index in [0.29, 0.717) is 44.1 Å². The zero-order valence-electron chi connectivity index (χ0n) is 14.0. The lowest BCUT2D eigenvalue weighted by Crippen LogP contribution is -2.55. The third-order valence-electron chi connectivity index (χ3n) is 4.61. The Morgan fingerprint density at radius 2 is 2.26 bits per heavy atom. The van der Waals surface area contributed by atoms with Crippen molar-refractivity contribution in [3.05, 3.63) is 17.3 Å². The number of aryl methyl sites for hydroxylation is 2. The van der Waals surface area contributed by atoms with Gasteiger partial charge in [-0.2, -0.15) is 0 Å². The fourth-order valence-electron chi connectivity index (χ4n) is 3.24. The lowest BCUT2D eigenvalue weighted by Gasteiger charge is -2.45. The number of methoxy groups -OCH3 is 1. The number of nitrogens with zero attached hydrogens (tertiary/aromatic N) is 2. The second-order valence-corrected chi connectivity index (χ2v) is 6.30. The van der Waals surface area contributed by atoms with Gasteiger partial charge in [0.15, 0.2) is 5.89 Å². The molecule has 130 valence electrons. The van der Waals surface area contributed by atoms with Crippen molar-refractivity contribution < 1.29 is 24.2 Å². The molecule has 1 aromatic rings. The first kappa shape index (κ1) is 17.9. The van der Waals surface area contributed by atoms with E-state index in [1.54, 1.807) is 25.9 Å². The van der Waals surface area contributed by atoms with Crippen molar-refractivity contribution in [2.45, 2.75) is 39.2 Å². The molecule has 1 aliphatic heterocycles. The summed E-state index contributed by atoms with van der Waals surface area (Å²) in [7, 11) is 1.62. The van der Waals surface area contributed by atoms with Crippen LogP contribution in [0.25, 0.3) is 0 Å². The molecule has 2 heterocycles. The molecule has 1 aromatic heterocycles. The smallest absolute Gasteiger partial charge is 0.291 e. The number of carbonyl (C=O) groups excluding carboxylic acids is 1. The van der Waals surface area contributed by atoms with Crippen LogP contribution < -0.4 is 0 Å². The van der Waals surface area contributed by atoms with Crippen LogP contribution in [0.5, 0.6) is 0 Å². The van der Waals surface area contributed by atoms with Crippen molar-refractivity contribution in [2.24, 2.45) is 5.41 Å². The Bertz CT molecular complexity index is 545. The lowest BCUT2D eigenvalue weighted by atomic mass is 9.74. The molecule has 0 bridgehead atoms. The number of rotatable bonds is 6. The molecule has 1 saturated heterocycles. The van der Waals surface area contributed by atoms with E-state index in [1.807, 2.05) is 0 Å². The molecule has 0 spiro atoms. The number of aliphatic hydroxyl groups excluding tert-OH is 2. The molecule has 2 atom stereocenters. The van der Waals surface area contributed by atoms with Crippen LogP contribution in [0.1, 0.15) is 41.4 Å². The summed E-state index contributed by atoms with van der Waals surface area (Å²) >= 11 is 0. The minimum atomic E-state index is -0.713. The van der Waals surface area contributed by atoms with Gasteiger partial charge in [-0.25, -0.2) is 4.98 Å². The molecule has 2 N–H and O–H groups in total. The number of aliphatic hydroxyl groups is 2. The number of amides is 1. The van der Waals surface area contributed by atoms with Gasteiger partial charge in [0.2, 0.25) is 5.76 Å². The topological polar surface area (TPSA) is 96.0 Å². The molecule has 1 fully saturated rings. The molecule has 0 saturated carbocycles. The largest absolute Gasteiger partial charge is 0.436 e. The van der Waals surface area contributed by atoms with Crippen molar-refractivity contribution >= 4 is 5.91 Å². The summed E-state index contributed by atoms with van der Waals surface area (Å²) < 4.78 is 10.5. The second-order valence-electron chi connectivity index (χ2n) is 6.30. The number of carbonyl (C=O) groups is 1. The zero-order valence-corrected chi connectivity index (χ0v) is 14.0. The third kappa shape index (κ3) is 3.73. The van der Waals surface area contributed by atoms with E-state index < -0.39 is 11.5 Å². The highest BCUT2D eigenvalue weighted by Gasteiger charge is 2.44. The lowest BCUT2D eigenvalue weighted by molar-refractivity contribution is -0.0749.